The van der Waals surface area contributed by atoms with Gasteiger partial charge in [-0.3, -0.25) is 4.72 Å². The molecule has 2 rings (SSSR count). The standard InChI is InChI=1S/C16H16ClNO4S/c1-2-10-22-16(19)12-4-3-5-15(11-12)23(20,21)18-14-8-6-13(17)7-9-14/h3-9,11,18H,2,10H2,1H3. The summed E-state index contributed by atoms with van der Waals surface area (Å²) in [5.74, 6) is -0.546. The molecule has 0 saturated carbocycles. The molecule has 122 valence electrons. The van der Waals surface area contributed by atoms with Crippen LogP contribution in [-0.2, 0) is 14.8 Å². The van der Waals surface area contributed by atoms with E-state index >= 15 is 0 Å². The summed E-state index contributed by atoms with van der Waals surface area (Å²) in [6.07, 6.45) is 0.696. The lowest BCUT2D eigenvalue weighted by Gasteiger charge is -2.09. The normalized spacial score (nSPS) is 11.0. The van der Waals surface area contributed by atoms with Crippen LogP contribution in [0.1, 0.15) is 23.7 Å². The molecule has 5 nitrogen and oxygen atoms in total. The first-order chi connectivity index (χ1) is 10.9. The number of nitrogens with one attached hydrogen (secondary N) is 1. The van der Waals surface area contributed by atoms with Crippen molar-refractivity contribution in [1.82, 2.24) is 0 Å². The number of carbonyl (C=O) groups is 1. The van der Waals surface area contributed by atoms with Crippen LogP contribution in [0.3, 0.4) is 0 Å². The van der Waals surface area contributed by atoms with Gasteiger partial charge in [-0.25, -0.2) is 13.2 Å². The van der Waals surface area contributed by atoms with Gasteiger partial charge >= 0.3 is 5.97 Å². The number of anilines is 1. The van der Waals surface area contributed by atoms with Crippen LogP contribution in [0.25, 0.3) is 0 Å². The van der Waals surface area contributed by atoms with Crippen LogP contribution < -0.4 is 4.72 Å². The minimum atomic E-state index is -3.80. The summed E-state index contributed by atoms with van der Waals surface area (Å²) < 4.78 is 32.2. The fraction of sp³-hybridized carbons (Fsp3) is 0.188. The average molecular weight is 354 g/mol. The van der Waals surface area contributed by atoms with Crippen molar-refractivity contribution in [2.24, 2.45) is 0 Å². The molecule has 1 N–H and O–H groups in total. The molecule has 0 spiro atoms. The Labute approximate surface area is 140 Å². The SMILES string of the molecule is CCCOC(=O)c1cccc(S(=O)(=O)Nc2ccc(Cl)cc2)c1. The molecule has 0 aliphatic heterocycles. The van der Waals surface area contributed by atoms with Gasteiger partial charge in [0.1, 0.15) is 0 Å². The van der Waals surface area contributed by atoms with Gasteiger partial charge in [0.15, 0.2) is 0 Å². The second-order valence-electron chi connectivity index (χ2n) is 4.78. The molecule has 2 aromatic rings. The van der Waals surface area contributed by atoms with Gasteiger partial charge in [-0.1, -0.05) is 24.6 Å². The van der Waals surface area contributed by atoms with Crippen molar-refractivity contribution in [3.8, 4) is 0 Å². The highest BCUT2D eigenvalue weighted by molar-refractivity contribution is 7.92. The highest BCUT2D eigenvalue weighted by Gasteiger charge is 2.17. The lowest BCUT2D eigenvalue weighted by atomic mass is 10.2. The number of benzene rings is 2. The van der Waals surface area contributed by atoms with Gasteiger partial charge in [0, 0.05) is 10.7 Å². The summed E-state index contributed by atoms with van der Waals surface area (Å²) in [6.45, 7) is 2.17. The zero-order chi connectivity index (χ0) is 16.9. The number of ether oxygens (including phenoxy) is 1. The maximum Gasteiger partial charge on any atom is 0.338 e. The van der Waals surface area contributed by atoms with Crippen molar-refractivity contribution in [1.29, 1.82) is 0 Å². The summed E-state index contributed by atoms with van der Waals surface area (Å²) in [4.78, 5) is 11.8. The summed E-state index contributed by atoms with van der Waals surface area (Å²) >= 11 is 5.77. The fourth-order valence-corrected chi connectivity index (χ4v) is 3.03. The molecule has 0 bridgehead atoms. The third-order valence-corrected chi connectivity index (χ3v) is 4.54. The third kappa shape index (κ3) is 4.71. The van der Waals surface area contributed by atoms with Crippen LogP contribution in [0, 0.1) is 0 Å². The summed E-state index contributed by atoms with van der Waals surface area (Å²) in [5.41, 5.74) is 0.575. The van der Waals surface area contributed by atoms with E-state index in [1.807, 2.05) is 6.92 Å². The third-order valence-electron chi connectivity index (χ3n) is 2.91. The van der Waals surface area contributed by atoms with Gasteiger partial charge in [0.05, 0.1) is 17.1 Å². The lowest BCUT2D eigenvalue weighted by molar-refractivity contribution is 0.0505. The highest BCUT2D eigenvalue weighted by atomic mass is 35.5. The predicted molar refractivity (Wildman–Crippen MR) is 89.3 cm³/mol. The second-order valence-corrected chi connectivity index (χ2v) is 6.89. The minimum absolute atomic E-state index is 0.0154. The van der Waals surface area contributed by atoms with Crippen molar-refractivity contribution >= 4 is 33.3 Å². The molecular weight excluding hydrogens is 338 g/mol. The molecule has 0 aromatic heterocycles. The Morgan fingerprint density at radius 3 is 2.52 bits per heavy atom. The number of halogens is 1. The molecule has 0 heterocycles. The molecule has 0 unspecified atom stereocenters. The first-order valence-electron chi connectivity index (χ1n) is 6.98. The van der Waals surface area contributed by atoms with Crippen LogP contribution in [0.5, 0.6) is 0 Å². The van der Waals surface area contributed by atoms with Gasteiger partial charge in [-0.05, 0) is 48.9 Å². The Hall–Kier alpha value is -2.05. The number of hydrogen-bond acceptors (Lipinski definition) is 4. The molecule has 23 heavy (non-hydrogen) atoms. The number of sulfonamides is 1. The predicted octanol–water partition coefficient (Wildman–Crippen LogP) is 3.71. The van der Waals surface area contributed by atoms with Crippen molar-refractivity contribution < 1.29 is 17.9 Å². The van der Waals surface area contributed by atoms with E-state index < -0.39 is 16.0 Å². The molecule has 0 fully saturated rings. The number of carbonyl (C=O) groups excluding carboxylic acids is 1. The molecule has 0 aliphatic carbocycles. The monoisotopic (exact) mass is 353 g/mol. The number of hydrogen-bond donors (Lipinski definition) is 1. The summed E-state index contributed by atoms with van der Waals surface area (Å²) in [6, 6.07) is 12.0. The van der Waals surface area contributed by atoms with E-state index in [0.29, 0.717) is 23.7 Å². The maximum atomic E-state index is 12.4. The lowest BCUT2D eigenvalue weighted by Crippen LogP contribution is -2.14. The Morgan fingerprint density at radius 1 is 1.17 bits per heavy atom. The van der Waals surface area contributed by atoms with E-state index in [1.54, 1.807) is 24.3 Å². The minimum Gasteiger partial charge on any atom is -0.462 e. The van der Waals surface area contributed by atoms with Crippen molar-refractivity contribution in [2.75, 3.05) is 11.3 Å². The van der Waals surface area contributed by atoms with Gasteiger partial charge in [-0.2, -0.15) is 0 Å². The maximum absolute atomic E-state index is 12.4. The molecule has 0 aliphatic rings. The fourth-order valence-electron chi connectivity index (χ4n) is 1.80. The molecule has 0 amide bonds. The van der Waals surface area contributed by atoms with Crippen molar-refractivity contribution in [3.05, 3.63) is 59.1 Å². The summed E-state index contributed by atoms with van der Waals surface area (Å²) in [5, 5.41) is 0.508. The average Bonchev–Trinajstić information content (AvgIpc) is 2.54. The van der Waals surface area contributed by atoms with Crippen molar-refractivity contribution in [3.63, 3.8) is 0 Å². The largest absolute Gasteiger partial charge is 0.462 e. The van der Waals surface area contributed by atoms with E-state index in [4.69, 9.17) is 16.3 Å². The smallest absolute Gasteiger partial charge is 0.338 e. The van der Waals surface area contributed by atoms with Crippen LogP contribution in [0.2, 0.25) is 5.02 Å². The molecule has 7 heteroatoms. The van der Waals surface area contributed by atoms with Gasteiger partial charge in [-0.15, -0.1) is 0 Å². The quantitative estimate of drug-likeness (QED) is 0.803. The van der Waals surface area contributed by atoms with E-state index in [9.17, 15) is 13.2 Å². The molecule has 2 aromatic carbocycles. The van der Waals surface area contributed by atoms with Crippen LogP contribution >= 0.6 is 11.6 Å². The van der Waals surface area contributed by atoms with Crippen LogP contribution in [0.15, 0.2) is 53.4 Å². The van der Waals surface area contributed by atoms with Gasteiger partial charge in [0.2, 0.25) is 0 Å². The van der Waals surface area contributed by atoms with E-state index in [0.717, 1.165) is 0 Å². The van der Waals surface area contributed by atoms with E-state index in [2.05, 4.69) is 4.72 Å². The Bertz CT molecular complexity index is 788. The second kappa shape index (κ2) is 7.48. The number of esters is 1. The number of rotatable bonds is 6. The Morgan fingerprint density at radius 2 is 1.87 bits per heavy atom. The van der Waals surface area contributed by atoms with E-state index in [-0.39, 0.29) is 10.5 Å². The Balaban J connectivity index is 2.22. The molecule has 0 radical (unpaired) electrons. The summed E-state index contributed by atoms with van der Waals surface area (Å²) in [7, 11) is -3.80. The molecule has 0 atom stereocenters. The first kappa shape index (κ1) is 17.3. The van der Waals surface area contributed by atoms with E-state index in [1.165, 1.54) is 24.3 Å². The van der Waals surface area contributed by atoms with Crippen molar-refractivity contribution in [2.45, 2.75) is 18.2 Å². The molecule has 0 saturated heterocycles. The zero-order valence-electron chi connectivity index (χ0n) is 12.5. The Kier molecular flexibility index (Phi) is 5.63. The zero-order valence-corrected chi connectivity index (χ0v) is 14.0. The van der Waals surface area contributed by atoms with Gasteiger partial charge in [0.25, 0.3) is 10.0 Å². The van der Waals surface area contributed by atoms with Crippen LogP contribution in [0.4, 0.5) is 5.69 Å². The van der Waals surface area contributed by atoms with Crippen LogP contribution in [-0.4, -0.2) is 21.0 Å². The molecular formula is C16H16ClNO4S. The highest BCUT2D eigenvalue weighted by Crippen LogP contribution is 2.19. The topological polar surface area (TPSA) is 72.5 Å². The van der Waals surface area contributed by atoms with Gasteiger partial charge < -0.3 is 4.74 Å². The first-order valence-corrected chi connectivity index (χ1v) is 8.84.